The Labute approximate surface area is 210 Å². The molecule has 0 radical (unpaired) electrons. The molecule has 0 aliphatic heterocycles. The van der Waals surface area contributed by atoms with E-state index in [4.69, 9.17) is 9.47 Å². The molecule has 7 nitrogen and oxygen atoms in total. The van der Waals surface area contributed by atoms with Crippen LogP contribution in [-0.2, 0) is 14.3 Å². The highest BCUT2D eigenvalue weighted by atomic mass is 16.6. The van der Waals surface area contributed by atoms with E-state index in [0.717, 1.165) is 12.8 Å². The smallest absolute Gasteiger partial charge is 0.314 e. The topological polar surface area (TPSA) is 95.7 Å². The number of carbonyl (C=O) groups excluding carboxylic acids is 2. The molecule has 35 heavy (non-hydrogen) atoms. The van der Waals surface area contributed by atoms with Crippen LogP contribution in [0, 0.1) is 16.0 Å². The Kier molecular flexibility index (Phi) is 14.0. The van der Waals surface area contributed by atoms with Gasteiger partial charge in [-0.1, -0.05) is 77.6 Å². The minimum absolute atomic E-state index is 0.0457. The van der Waals surface area contributed by atoms with Gasteiger partial charge in [-0.3, -0.25) is 19.7 Å². The van der Waals surface area contributed by atoms with E-state index in [0.29, 0.717) is 37.9 Å². The molecule has 1 aliphatic rings. The zero-order chi connectivity index (χ0) is 25.3. The predicted molar refractivity (Wildman–Crippen MR) is 136 cm³/mol. The second-order valence-electron chi connectivity index (χ2n) is 9.77. The molecular formula is C28H43NO6. The third-order valence-electron chi connectivity index (χ3n) is 6.81. The molecule has 0 heterocycles. The van der Waals surface area contributed by atoms with Crippen molar-refractivity contribution in [2.45, 2.75) is 122 Å². The molecule has 1 saturated carbocycles. The molecule has 1 fully saturated rings. The van der Waals surface area contributed by atoms with Gasteiger partial charge in [-0.15, -0.1) is 0 Å². The number of nitro groups is 1. The largest absolute Gasteiger partial charge is 0.462 e. The molecular weight excluding hydrogens is 446 g/mol. The summed E-state index contributed by atoms with van der Waals surface area (Å²) in [5.74, 6) is -0.401. The predicted octanol–water partition coefficient (Wildman–Crippen LogP) is 7.69. The summed E-state index contributed by atoms with van der Waals surface area (Å²) < 4.78 is 11.0. The van der Waals surface area contributed by atoms with E-state index >= 15 is 0 Å². The van der Waals surface area contributed by atoms with E-state index in [2.05, 4.69) is 6.92 Å². The Morgan fingerprint density at radius 3 is 1.86 bits per heavy atom. The van der Waals surface area contributed by atoms with Gasteiger partial charge < -0.3 is 9.47 Å². The van der Waals surface area contributed by atoms with Gasteiger partial charge in [-0.2, -0.15) is 0 Å². The number of ether oxygens (including phenoxy) is 2. The Morgan fingerprint density at radius 2 is 1.34 bits per heavy atom. The first kappa shape index (κ1) is 28.8. The van der Waals surface area contributed by atoms with Gasteiger partial charge in [0.25, 0.3) is 5.69 Å². The van der Waals surface area contributed by atoms with Crippen LogP contribution >= 0.6 is 0 Å². The lowest BCUT2D eigenvalue weighted by Gasteiger charge is -2.27. The summed E-state index contributed by atoms with van der Waals surface area (Å²) in [4.78, 5) is 34.8. The number of rotatable bonds is 17. The number of esters is 2. The van der Waals surface area contributed by atoms with Crippen molar-refractivity contribution >= 4 is 17.6 Å². The molecule has 0 amide bonds. The summed E-state index contributed by atoms with van der Waals surface area (Å²) >= 11 is 0. The molecule has 1 aliphatic carbocycles. The van der Waals surface area contributed by atoms with Gasteiger partial charge in [-0.25, -0.2) is 0 Å². The zero-order valence-corrected chi connectivity index (χ0v) is 21.4. The van der Waals surface area contributed by atoms with Gasteiger partial charge in [0.1, 0.15) is 11.9 Å². The molecule has 0 spiro atoms. The third kappa shape index (κ3) is 12.2. The first-order valence-corrected chi connectivity index (χ1v) is 13.6. The van der Waals surface area contributed by atoms with E-state index in [1.807, 2.05) is 0 Å². The van der Waals surface area contributed by atoms with E-state index in [9.17, 15) is 19.7 Å². The summed E-state index contributed by atoms with van der Waals surface area (Å²) in [5, 5.41) is 10.7. The lowest BCUT2D eigenvalue weighted by atomic mass is 9.87. The molecule has 0 saturated heterocycles. The van der Waals surface area contributed by atoms with Gasteiger partial charge >= 0.3 is 11.9 Å². The van der Waals surface area contributed by atoms with Crippen molar-refractivity contribution in [1.82, 2.24) is 0 Å². The fourth-order valence-corrected chi connectivity index (χ4v) is 4.61. The molecule has 0 atom stereocenters. The maximum Gasteiger partial charge on any atom is 0.314 e. The maximum absolute atomic E-state index is 12.4. The number of benzene rings is 1. The van der Waals surface area contributed by atoms with Crippen LogP contribution in [0.1, 0.15) is 116 Å². The van der Waals surface area contributed by atoms with Gasteiger partial charge in [0.15, 0.2) is 0 Å². The molecule has 2 rings (SSSR count). The van der Waals surface area contributed by atoms with Crippen LogP contribution in [0.15, 0.2) is 24.3 Å². The van der Waals surface area contributed by atoms with Crippen molar-refractivity contribution in [3.63, 3.8) is 0 Å². The molecule has 0 unspecified atom stereocenters. The van der Waals surface area contributed by atoms with Crippen molar-refractivity contribution in [1.29, 1.82) is 0 Å². The molecule has 7 heteroatoms. The van der Waals surface area contributed by atoms with Crippen molar-refractivity contribution in [3.05, 3.63) is 34.4 Å². The summed E-state index contributed by atoms with van der Waals surface area (Å²) in [6, 6.07) is 5.49. The van der Waals surface area contributed by atoms with Crippen molar-refractivity contribution in [2.24, 2.45) is 5.92 Å². The number of carbonyl (C=O) groups is 2. The second-order valence-corrected chi connectivity index (χ2v) is 9.77. The highest BCUT2D eigenvalue weighted by Gasteiger charge is 2.29. The number of hydrogen-bond donors (Lipinski definition) is 0. The quantitative estimate of drug-likeness (QED) is 0.0731. The van der Waals surface area contributed by atoms with Gasteiger partial charge in [-0.05, 0) is 44.2 Å². The molecule has 0 bridgehead atoms. The number of nitro benzene ring substituents is 1. The van der Waals surface area contributed by atoms with E-state index in [1.165, 1.54) is 88.5 Å². The Hall–Kier alpha value is -2.44. The Morgan fingerprint density at radius 1 is 0.829 bits per heavy atom. The van der Waals surface area contributed by atoms with Crippen LogP contribution < -0.4 is 4.74 Å². The summed E-state index contributed by atoms with van der Waals surface area (Å²) in [7, 11) is 0. The van der Waals surface area contributed by atoms with Crippen LogP contribution in [-0.4, -0.2) is 23.0 Å². The average molecular weight is 490 g/mol. The third-order valence-corrected chi connectivity index (χ3v) is 6.81. The van der Waals surface area contributed by atoms with Crippen LogP contribution in [0.25, 0.3) is 0 Å². The van der Waals surface area contributed by atoms with Crippen molar-refractivity contribution < 1.29 is 24.0 Å². The minimum Gasteiger partial charge on any atom is -0.462 e. The highest BCUT2D eigenvalue weighted by Crippen LogP contribution is 2.29. The number of hydrogen-bond acceptors (Lipinski definition) is 6. The number of non-ortho nitro benzene ring substituents is 1. The van der Waals surface area contributed by atoms with Gasteiger partial charge in [0.05, 0.1) is 10.8 Å². The fraction of sp³-hybridized carbons (Fsp3) is 0.714. The van der Waals surface area contributed by atoms with Crippen LogP contribution in [0.2, 0.25) is 0 Å². The highest BCUT2D eigenvalue weighted by molar-refractivity contribution is 5.75. The van der Waals surface area contributed by atoms with Crippen LogP contribution in [0.5, 0.6) is 5.75 Å². The molecule has 0 aromatic heterocycles. The first-order valence-electron chi connectivity index (χ1n) is 13.6. The SMILES string of the molecule is CCCCCCCCCCCCCCC(=O)OC1CCC(C(=O)Oc2ccc([N+](=O)[O-])cc2)CC1. The minimum atomic E-state index is -0.494. The summed E-state index contributed by atoms with van der Waals surface area (Å²) in [6.45, 7) is 2.25. The lowest BCUT2D eigenvalue weighted by molar-refractivity contribution is -0.384. The number of unbranched alkanes of at least 4 members (excludes halogenated alkanes) is 11. The molecule has 1 aromatic rings. The Balaban J connectivity index is 1.48. The zero-order valence-electron chi connectivity index (χ0n) is 21.4. The first-order chi connectivity index (χ1) is 17.0. The standard InChI is InChI=1S/C28H43NO6/c1-2-3-4-5-6-7-8-9-10-11-12-13-14-27(30)34-25-19-15-23(16-20-25)28(31)35-26-21-17-24(18-22-26)29(32)33/h17-18,21-23,25H,2-16,19-20H2,1H3. The van der Waals surface area contributed by atoms with E-state index in [-0.39, 0.29) is 29.6 Å². The average Bonchev–Trinajstić information content (AvgIpc) is 2.85. The summed E-state index contributed by atoms with van der Waals surface area (Å²) in [5.41, 5.74) is -0.0457. The second kappa shape index (κ2) is 17.1. The fourth-order valence-electron chi connectivity index (χ4n) is 4.61. The van der Waals surface area contributed by atoms with Crippen LogP contribution in [0.4, 0.5) is 5.69 Å². The van der Waals surface area contributed by atoms with E-state index < -0.39 is 4.92 Å². The monoisotopic (exact) mass is 489 g/mol. The molecule has 196 valence electrons. The van der Waals surface area contributed by atoms with Crippen LogP contribution in [0.3, 0.4) is 0 Å². The van der Waals surface area contributed by atoms with Crippen molar-refractivity contribution in [3.8, 4) is 5.75 Å². The Bertz CT molecular complexity index is 755. The normalized spacial score (nSPS) is 17.6. The lowest BCUT2D eigenvalue weighted by Crippen LogP contribution is -2.30. The van der Waals surface area contributed by atoms with Gasteiger partial charge in [0.2, 0.25) is 0 Å². The molecule has 0 N–H and O–H groups in total. The molecule has 1 aromatic carbocycles. The summed E-state index contributed by atoms with van der Waals surface area (Å²) in [6.07, 6.45) is 18.1. The van der Waals surface area contributed by atoms with E-state index in [1.54, 1.807) is 0 Å². The van der Waals surface area contributed by atoms with Gasteiger partial charge in [0, 0.05) is 18.6 Å². The van der Waals surface area contributed by atoms with Crippen molar-refractivity contribution in [2.75, 3.05) is 0 Å². The number of nitrogens with zero attached hydrogens (tertiary/aromatic N) is 1. The maximum atomic E-state index is 12.4.